The summed E-state index contributed by atoms with van der Waals surface area (Å²) >= 11 is 0. The lowest BCUT2D eigenvalue weighted by atomic mass is 10.0. The normalized spacial score (nSPS) is 12.9. The molecule has 73 heavy (non-hydrogen) atoms. The van der Waals surface area contributed by atoms with Crippen molar-refractivity contribution in [1.29, 1.82) is 0 Å². The second-order valence-electron chi connectivity index (χ2n) is 22.1. The minimum absolute atomic E-state index is 0.00158. The number of carbonyl (C=O) groups excluding carboxylic acids is 2. The molecule has 1 amide bonds. The van der Waals surface area contributed by atoms with Crippen molar-refractivity contribution in [2.45, 2.75) is 353 Å². The molecule has 0 aliphatic carbocycles. The minimum atomic E-state index is -0.848. The van der Waals surface area contributed by atoms with Gasteiger partial charge in [-0.25, -0.2) is 0 Å². The summed E-state index contributed by atoms with van der Waals surface area (Å²) in [4.78, 5) is 24.5. The van der Waals surface area contributed by atoms with Gasteiger partial charge in [-0.15, -0.1) is 0 Å². The Balaban J connectivity index is 3.43. The van der Waals surface area contributed by atoms with Crippen molar-refractivity contribution < 1.29 is 24.5 Å². The average Bonchev–Trinajstić information content (AvgIpc) is 3.39. The third-order valence-electron chi connectivity index (χ3n) is 14.8. The largest absolute Gasteiger partial charge is 0.466 e. The molecule has 2 unspecified atom stereocenters. The number of carbonyl (C=O) groups is 2. The number of allylic oxidation sites excluding steroid dienone is 7. The molecule has 0 heterocycles. The number of esters is 1. The number of unbranched alkanes of at least 4 members (excludes halogenated alkanes) is 43. The van der Waals surface area contributed by atoms with E-state index in [0.717, 1.165) is 51.4 Å². The SMILES string of the molecule is CCCCCC/C=C\C/C=C\CCCCCCCC(=O)OCCCCCCCCCCCCCC/C=C\CCCCCCCCCCC(=O)NC(CO)C(O)/C=C/CCCCCCCCCCCCCCCC. The fraction of sp³-hybridized carbons (Fsp3) is 0.851. The highest BCUT2D eigenvalue weighted by Gasteiger charge is 2.18. The molecule has 6 heteroatoms. The maximum Gasteiger partial charge on any atom is 0.305 e. The molecular weight excluding hydrogens is 899 g/mol. The first-order chi connectivity index (χ1) is 36.0. The smallest absolute Gasteiger partial charge is 0.305 e. The van der Waals surface area contributed by atoms with Crippen LogP contribution >= 0.6 is 0 Å². The molecular formula is C67H125NO5. The molecule has 0 radical (unpaired) electrons. The standard InChI is InChI=1S/C67H125NO5/c1-3-5-7-9-11-13-15-17-19-31-35-39-43-47-51-55-59-65(70)64(63-69)68-66(71)60-56-52-48-44-40-36-32-29-27-25-23-21-22-24-26-28-30-34-38-42-46-50-54-58-62-73-67(72)61-57-53-49-45-41-37-33-20-18-16-14-12-10-8-6-4-2/h14,16,20,23,25,33,55,59,64-65,69-70H,3-13,15,17-19,21-22,24,26-32,34-54,56-58,60-63H2,1-2H3,(H,68,71)/b16-14-,25-23-,33-20-,59-55+. The molecule has 0 spiro atoms. The van der Waals surface area contributed by atoms with Gasteiger partial charge in [-0.2, -0.15) is 0 Å². The van der Waals surface area contributed by atoms with Gasteiger partial charge in [0.25, 0.3) is 0 Å². The maximum atomic E-state index is 12.5. The van der Waals surface area contributed by atoms with E-state index in [4.69, 9.17) is 4.74 Å². The Morgan fingerprint density at radius 1 is 0.384 bits per heavy atom. The van der Waals surface area contributed by atoms with Gasteiger partial charge in [-0.05, 0) is 89.9 Å². The van der Waals surface area contributed by atoms with Crippen molar-refractivity contribution >= 4 is 11.9 Å². The fourth-order valence-corrected chi connectivity index (χ4v) is 9.84. The summed E-state index contributed by atoms with van der Waals surface area (Å²) in [6.45, 7) is 4.89. The maximum absolute atomic E-state index is 12.5. The molecule has 428 valence electrons. The minimum Gasteiger partial charge on any atom is -0.466 e. The van der Waals surface area contributed by atoms with Crippen molar-refractivity contribution in [3.05, 3.63) is 48.6 Å². The van der Waals surface area contributed by atoms with E-state index in [1.165, 1.54) is 263 Å². The zero-order valence-electron chi connectivity index (χ0n) is 48.9. The zero-order chi connectivity index (χ0) is 52.9. The van der Waals surface area contributed by atoms with Crippen molar-refractivity contribution in [2.75, 3.05) is 13.2 Å². The molecule has 2 atom stereocenters. The Kier molecular flexibility index (Phi) is 60.5. The van der Waals surface area contributed by atoms with E-state index in [2.05, 4.69) is 55.6 Å². The Hall–Kier alpha value is -2.18. The number of aliphatic hydroxyl groups excluding tert-OH is 2. The zero-order valence-corrected chi connectivity index (χ0v) is 48.9. The van der Waals surface area contributed by atoms with E-state index < -0.39 is 12.1 Å². The predicted octanol–water partition coefficient (Wildman–Crippen LogP) is 20.5. The highest BCUT2D eigenvalue weighted by atomic mass is 16.5. The van der Waals surface area contributed by atoms with E-state index in [-0.39, 0.29) is 18.5 Å². The topological polar surface area (TPSA) is 95.9 Å². The summed E-state index contributed by atoms with van der Waals surface area (Å²) in [5.41, 5.74) is 0. The third-order valence-corrected chi connectivity index (χ3v) is 14.8. The van der Waals surface area contributed by atoms with Crippen LogP contribution in [-0.2, 0) is 14.3 Å². The first-order valence-electron chi connectivity index (χ1n) is 32.4. The van der Waals surface area contributed by atoms with Gasteiger partial charge in [0.05, 0.1) is 25.4 Å². The van der Waals surface area contributed by atoms with E-state index >= 15 is 0 Å². The van der Waals surface area contributed by atoms with Gasteiger partial charge in [-0.3, -0.25) is 9.59 Å². The quantitative estimate of drug-likeness (QED) is 0.0320. The summed E-state index contributed by atoms with van der Waals surface area (Å²) in [6.07, 6.45) is 80.1. The Morgan fingerprint density at radius 3 is 1.07 bits per heavy atom. The van der Waals surface area contributed by atoms with Crippen LogP contribution in [-0.4, -0.2) is 47.4 Å². The van der Waals surface area contributed by atoms with Crippen LogP contribution in [0.25, 0.3) is 0 Å². The van der Waals surface area contributed by atoms with E-state index in [1.807, 2.05) is 6.08 Å². The molecule has 0 fully saturated rings. The van der Waals surface area contributed by atoms with E-state index in [9.17, 15) is 19.8 Å². The number of ether oxygens (including phenoxy) is 1. The molecule has 3 N–H and O–H groups in total. The van der Waals surface area contributed by atoms with Gasteiger partial charge in [0, 0.05) is 12.8 Å². The number of nitrogens with one attached hydrogen (secondary N) is 1. The van der Waals surface area contributed by atoms with Crippen LogP contribution in [0.4, 0.5) is 0 Å². The van der Waals surface area contributed by atoms with Gasteiger partial charge in [0.15, 0.2) is 0 Å². The molecule has 0 aromatic heterocycles. The molecule has 0 bridgehead atoms. The molecule has 0 saturated heterocycles. The number of aliphatic hydroxyl groups is 2. The molecule has 0 aliphatic heterocycles. The monoisotopic (exact) mass is 1020 g/mol. The van der Waals surface area contributed by atoms with Crippen molar-refractivity contribution in [2.24, 2.45) is 0 Å². The fourth-order valence-electron chi connectivity index (χ4n) is 9.84. The lowest BCUT2D eigenvalue weighted by Gasteiger charge is -2.20. The highest BCUT2D eigenvalue weighted by Crippen LogP contribution is 2.17. The summed E-state index contributed by atoms with van der Waals surface area (Å²) in [5, 5.41) is 23.2. The Morgan fingerprint density at radius 2 is 0.685 bits per heavy atom. The lowest BCUT2D eigenvalue weighted by molar-refractivity contribution is -0.143. The molecule has 6 nitrogen and oxygen atoms in total. The summed E-state index contributed by atoms with van der Waals surface area (Å²) in [7, 11) is 0. The van der Waals surface area contributed by atoms with Crippen molar-refractivity contribution in [3.63, 3.8) is 0 Å². The molecule has 0 aromatic rings. The first kappa shape index (κ1) is 70.8. The van der Waals surface area contributed by atoms with Gasteiger partial charge in [0.2, 0.25) is 5.91 Å². The lowest BCUT2D eigenvalue weighted by Crippen LogP contribution is -2.45. The summed E-state index contributed by atoms with van der Waals surface area (Å²) in [6, 6.07) is -0.632. The van der Waals surface area contributed by atoms with Crippen LogP contribution in [0, 0.1) is 0 Å². The number of hydrogen-bond acceptors (Lipinski definition) is 5. The third kappa shape index (κ3) is 58.9. The van der Waals surface area contributed by atoms with Crippen LogP contribution in [0.5, 0.6) is 0 Å². The second kappa shape index (κ2) is 62.4. The summed E-state index contributed by atoms with van der Waals surface area (Å²) in [5.74, 6) is -0.0731. The molecule has 0 rings (SSSR count). The summed E-state index contributed by atoms with van der Waals surface area (Å²) < 4.78 is 5.48. The van der Waals surface area contributed by atoms with E-state index in [0.29, 0.717) is 19.4 Å². The average molecular weight is 1020 g/mol. The van der Waals surface area contributed by atoms with Crippen LogP contribution in [0.3, 0.4) is 0 Å². The van der Waals surface area contributed by atoms with Crippen LogP contribution in [0.2, 0.25) is 0 Å². The number of amides is 1. The van der Waals surface area contributed by atoms with Crippen LogP contribution in [0.1, 0.15) is 341 Å². The number of rotatable bonds is 60. The highest BCUT2D eigenvalue weighted by molar-refractivity contribution is 5.76. The molecule has 0 aliphatic rings. The van der Waals surface area contributed by atoms with Gasteiger partial charge < -0.3 is 20.3 Å². The van der Waals surface area contributed by atoms with Crippen LogP contribution < -0.4 is 5.32 Å². The number of hydrogen-bond donors (Lipinski definition) is 3. The molecule has 0 aromatic carbocycles. The van der Waals surface area contributed by atoms with Gasteiger partial charge in [0.1, 0.15) is 0 Å². The Labute approximate surface area is 455 Å². The van der Waals surface area contributed by atoms with Gasteiger partial charge in [-0.1, -0.05) is 287 Å². The molecule has 0 saturated carbocycles. The predicted molar refractivity (Wildman–Crippen MR) is 319 cm³/mol. The first-order valence-corrected chi connectivity index (χ1v) is 32.4. The van der Waals surface area contributed by atoms with E-state index in [1.54, 1.807) is 6.08 Å². The van der Waals surface area contributed by atoms with Crippen molar-refractivity contribution in [1.82, 2.24) is 5.32 Å². The second-order valence-corrected chi connectivity index (χ2v) is 22.1. The van der Waals surface area contributed by atoms with Crippen LogP contribution in [0.15, 0.2) is 48.6 Å². The van der Waals surface area contributed by atoms with Crippen molar-refractivity contribution in [3.8, 4) is 0 Å². The van der Waals surface area contributed by atoms with Gasteiger partial charge >= 0.3 is 5.97 Å². The Bertz CT molecular complexity index is 1230.